The van der Waals surface area contributed by atoms with Gasteiger partial charge in [0.15, 0.2) is 5.82 Å². The van der Waals surface area contributed by atoms with E-state index in [0.29, 0.717) is 5.41 Å². The van der Waals surface area contributed by atoms with Crippen molar-refractivity contribution >= 4 is 23.7 Å². The summed E-state index contributed by atoms with van der Waals surface area (Å²) in [6, 6.07) is 8.41. The molecule has 1 fully saturated rings. The summed E-state index contributed by atoms with van der Waals surface area (Å²) >= 11 is 0. The van der Waals surface area contributed by atoms with Gasteiger partial charge in [-0.05, 0) is 61.8 Å². The number of aryl methyl sites for hydroxylation is 2. The van der Waals surface area contributed by atoms with E-state index in [1.807, 2.05) is 40.9 Å². The summed E-state index contributed by atoms with van der Waals surface area (Å²) < 4.78 is 3.90. The second-order valence-corrected chi connectivity index (χ2v) is 8.79. The summed E-state index contributed by atoms with van der Waals surface area (Å²) in [6.45, 7) is 4.11. The van der Waals surface area contributed by atoms with Crippen LogP contribution in [0.15, 0.2) is 42.9 Å². The molecule has 7 nitrogen and oxygen atoms in total. The van der Waals surface area contributed by atoms with Crippen LogP contribution in [0.5, 0.6) is 0 Å². The van der Waals surface area contributed by atoms with Crippen molar-refractivity contribution in [1.82, 2.24) is 29.4 Å². The Kier molecular flexibility index (Phi) is 4.73. The number of hydrogen-bond acceptors (Lipinski definition) is 5. The average molecular weight is 436 g/mol. The van der Waals surface area contributed by atoms with E-state index in [1.165, 1.54) is 24.1 Å². The molecule has 160 valence electrons. The molecule has 8 heteroatoms. The number of rotatable bonds is 2. The number of pyridine rings is 1. The Bertz CT molecular complexity index is 1220. The van der Waals surface area contributed by atoms with Crippen LogP contribution in [0.25, 0.3) is 16.9 Å². The summed E-state index contributed by atoms with van der Waals surface area (Å²) in [6.07, 6.45) is 10.2. The Morgan fingerprint density at radius 2 is 1.77 bits per heavy atom. The fraction of sp³-hybridized carbons (Fsp3) is 0.391. The second kappa shape index (κ2) is 7.34. The molecular formula is C23H26ClN7. The first-order valence-electron chi connectivity index (χ1n) is 10.6. The molecule has 4 aromatic rings. The Balaban J connectivity index is 0.00000204. The van der Waals surface area contributed by atoms with Gasteiger partial charge in [0.05, 0.1) is 17.6 Å². The maximum atomic E-state index is 5.06. The first kappa shape index (κ1) is 20.0. The van der Waals surface area contributed by atoms with Gasteiger partial charge < -0.3 is 4.90 Å². The molecule has 0 aromatic carbocycles. The average Bonchev–Trinajstić information content (AvgIpc) is 3.47. The lowest BCUT2D eigenvalue weighted by atomic mass is 9.76. The van der Waals surface area contributed by atoms with Crippen molar-refractivity contribution in [3.8, 4) is 11.4 Å². The van der Waals surface area contributed by atoms with Crippen LogP contribution in [0.4, 0.5) is 5.82 Å². The van der Waals surface area contributed by atoms with Gasteiger partial charge in [0, 0.05) is 38.2 Å². The highest BCUT2D eigenvalue weighted by atomic mass is 35.5. The zero-order chi connectivity index (χ0) is 20.3. The maximum absolute atomic E-state index is 5.06. The van der Waals surface area contributed by atoms with E-state index in [2.05, 4.69) is 45.2 Å². The third-order valence-electron chi connectivity index (χ3n) is 6.98. The van der Waals surface area contributed by atoms with E-state index < -0.39 is 0 Å². The van der Waals surface area contributed by atoms with Crippen LogP contribution in [0.1, 0.15) is 29.8 Å². The molecule has 6 rings (SSSR count). The van der Waals surface area contributed by atoms with E-state index >= 15 is 0 Å². The van der Waals surface area contributed by atoms with E-state index in [0.717, 1.165) is 54.3 Å². The van der Waals surface area contributed by atoms with Gasteiger partial charge in [-0.25, -0.2) is 9.50 Å². The minimum Gasteiger partial charge on any atom is -0.355 e. The van der Waals surface area contributed by atoms with Gasteiger partial charge in [0.1, 0.15) is 11.2 Å². The van der Waals surface area contributed by atoms with Crippen LogP contribution in [-0.2, 0) is 19.9 Å². The summed E-state index contributed by atoms with van der Waals surface area (Å²) in [5, 5.41) is 8.96. The third kappa shape index (κ3) is 3.10. The Labute approximate surface area is 187 Å². The Morgan fingerprint density at radius 3 is 2.52 bits per heavy atom. The monoisotopic (exact) mass is 435 g/mol. The lowest BCUT2D eigenvalue weighted by molar-refractivity contribution is 0.231. The van der Waals surface area contributed by atoms with Crippen molar-refractivity contribution in [3.05, 3.63) is 59.8 Å². The summed E-state index contributed by atoms with van der Waals surface area (Å²) in [4.78, 5) is 12.1. The van der Waals surface area contributed by atoms with Gasteiger partial charge >= 0.3 is 0 Å². The zero-order valence-electron chi connectivity index (χ0n) is 17.8. The highest BCUT2D eigenvalue weighted by Crippen LogP contribution is 2.44. The number of nitrogens with zero attached hydrogens (tertiary/aromatic N) is 7. The molecule has 1 spiro atoms. The van der Waals surface area contributed by atoms with Gasteiger partial charge in [-0.1, -0.05) is 6.07 Å². The van der Waals surface area contributed by atoms with Crippen molar-refractivity contribution in [2.45, 2.75) is 32.6 Å². The molecule has 0 N–H and O–H groups in total. The Hall–Kier alpha value is -2.93. The van der Waals surface area contributed by atoms with Crippen LogP contribution in [0.2, 0.25) is 0 Å². The summed E-state index contributed by atoms with van der Waals surface area (Å²) in [5.41, 5.74) is 7.18. The molecule has 2 aliphatic rings. The minimum atomic E-state index is 0. The first-order valence-corrected chi connectivity index (χ1v) is 10.6. The van der Waals surface area contributed by atoms with Crippen molar-refractivity contribution in [2.24, 2.45) is 12.5 Å². The molecule has 0 saturated carbocycles. The molecule has 31 heavy (non-hydrogen) atoms. The van der Waals surface area contributed by atoms with E-state index in [-0.39, 0.29) is 12.4 Å². The molecule has 5 heterocycles. The van der Waals surface area contributed by atoms with Crippen LogP contribution >= 0.6 is 12.4 Å². The van der Waals surface area contributed by atoms with Gasteiger partial charge in [-0.2, -0.15) is 10.2 Å². The Morgan fingerprint density at radius 1 is 0.968 bits per heavy atom. The number of piperidine rings is 1. The molecule has 0 atom stereocenters. The molecule has 1 aliphatic carbocycles. The quantitative estimate of drug-likeness (QED) is 0.481. The van der Waals surface area contributed by atoms with Gasteiger partial charge in [0.2, 0.25) is 0 Å². The molecule has 4 aromatic heterocycles. The molecule has 1 aliphatic heterocycles. The van der Waals surface area contributed by atoms with Crippen molar-refractivity contribution in [3.63, 3.8) is 0 Å². The maximum Gasteiger partial charge on any atom is 0.155 e. The molecule has 0 unspecified atom stereocenters. The molecule has 0 bridgehead atoms. The molecular weight excluding hydrogens is 410 g/mol. The number of halogens is 1. The number of hydrogen-bond donors (Lipinski definition) is 0. The highest BCUT2D eigenvalue weighted by Gasteiger charge is 2.41. The second-order valence-electron chi connectivity index (χ2n) is 8.79. The van der Waals surface area contributed by atoms with Crippen LogP contribution in [0.3, 0.4) is 0 Å². The summed E-state index contributed by atoms with van der Waals surface area (Å²) in [5.74, 6) is 1.04. The van der Waals surface area contributed by atoms with Crippen molar-refractivity contribution in [1.29, 1.82) is 0 Å². The largest absolute Gasteiger partial charge is 0.355 e. The van der Waals surface area contributed by atoms with Crippen molar-refractivity contribution < 1.29 is 0 Å². The van der Waals surface area contributed by atoms with Crippen LogP contribution in [0, 0.1) is 12.3 Å². The molecule has 1 saturated heterocycles. The highest BCUT2D eigenvalue weighted by molar-refractivity contribution is 5.85. The topological polar surface area (TPSA) is 64.1 Å². The number of aromatic nitrogens is 6. The van der Waals surface area contributed by atoms with Gasteiger partial charge in [0.25, 0.3) is 0 Å². The fourth-order valence-electron chi connectivity index (χ4n) is 5.37. The van der Waals surface area contributed by atoms with Crippen molar-refractivity contribution in [2.75, 3.05) is 18.0 Å². The van der Waals surface area contributed by atoms with E-state index in [9.17, 15) is 0 Å². The standard InChI is InChI=1S/C23H25N7.ClH/c1-16-21(19-5-10-25-28(19)2)30-20(6-11-26-30)22(27-16)29-12-7-23(8-13-29)14-17-4-3-9-24-18(17)15-23;/h3-6,9-11H,7-8,12-15H2,1-2H3;1H. The van der Waals surface area contributed by atoms with Gasteiger partial charge in [-0.15, -0.1) is 12.4 Å². The van der Waals surface area contributed by atoms with Crippen LogP contribution in [-0.4, -0.2) is 42.5 Å². The normalized spacial score (nSPS) is 17.2. The van der Waals surface area contributed by atoms with Gasteiger partial charge in [-0.3, -0.25) is 9.67 Å². The predicted octanol–water partition coefficient (Wildman–Crippen LogP) is 3.64. The minimum absolute atomic E-state index is 0. The third-order valence-corrected chi connectivity index (χ3v) is 6.98. The molecule has 0 radical (unpaired) electrons. The fourth-order valence-corrected chi connectivity index (χ4v) is 5.37. The lowest BCUT2D eigenvalue weighted by Gasteiger charge is -2.40. The van der Waals surface area contributed by atoms with E-state index in [1.54, 1.807) is 0 Å². The van der Waals surface area contributed by atoms with Crippen LogP contribution < -0.4 is 4.90 Å². The first-order chi connectivity index (χ1) is 14.6. The summed E-state index contributed by atoms with van der Waals surface area (Å²) in [7, 11) is 1.95. The number of anilines is 1. The predicted molar refractivity (Wildman–Crippen MR) is 123 cm³/mol. The SMILES string of the molecule is Cc1nc(N2CCC3(CC2)Cc2cccnc2C3)c2ccnn2c1-c1ccnn1C.Cl. The smallest absolute Gasteiger partial charge is 0.155 e. The number of fused-ring (bicyclic) bond motifs is 2. The zero-order valence-corrected chi connectivity index (χ0v) is 18.6. The lowest BCUT2D eigenvalue weighted by Crippen LogP contribution is -2.41. The van der Waals surface area contributed by atoms with E-state index in [4.69, 9.17) is 4.98 Å². The molecule has 0 amide bonds.